The van der Waals surface area contributed by atoms with E-state index >= 15 is 0 Å². The number of para-hydroxylation sites is 2. The Kier molecular flexibility index (Phi) is 3.78. The summed E-state index contributed by atoms with van der Waals surface area (Å²) in [6.45, 7) is 8.16. The largest absolute Gasteiger partial charge is 0.342 e. The van der Waals surface area contributed by atoms with Crippen molar-refractivity contribution in [2.45, 2.75) is 46.1 Å². The molecule has 1 saturated heterocycles. The summed E-state index contributed by atoms with van der Waals surface area (Å²) in [5, 5.41) is 0. The van der Waals surface area contributed by atoms with Crippen molar-refractivity contribution in [1.29, 1.82) is 0 Å². The Balaban J connectivity index is 1.46. The van der Waals surface area contributed by atoms with Gasteiger partial charge < -0.3 is 9.88 Å². The average Bonchev–Trinajstić information content (AvgIpc) is 3.19. The van der Waals surface area contributed by atoms with E-state index in [9.17, 15) is 9.59 Å². The standard InChI is InChI=1S/C20H27N3O2/c1-13(2)20(3)12-15(20)18(24)22-10-8-14(9-11-22)23-17-7-5-4-6-16(17)21-19(23)25/h4-7,13-15H,8-12H2,1-3H3,(H,21,25). The van der Waals surface area contributed by atoms with Crippen LogP contribution in [0.1, 0.15) is 46.1 Å². The number of carbonyl (C=O) groups is 1. The average molecular weight is 341 g/mol. The molecule has 134 valence electrons. The van der Waals surface area contributed by atoms with E-state index in [1.807, 2.05) is 33.7 Å². The molecule has 1 saturated carbocycles. The van der Waals surface area contributed by atoms with Gasteiger partial charge in [-0.2, -0.15) is 0 Å². The molecule has 1 aliphatic heterocycles. The smallest absolute Gasteiger partial charge is 0.326 e. The Morgan fingerprint density at radius 2 is 1.92 bits per heavy atom. The molecule has 0 spiro atoms. The van der Waals surface area contributed by atoms with Crippen LogP contribution in [-0.2, 0) is 4.79 Å². The Labute approximate surface area is 148 Å². The lowest BCUT2D eigenvalue weighted by atomic mass is 9.91. The third kappa shape index (κ3) is 2.60. The number of nitrogens with one attached hydrogen (secondary N) is 1. The molecule has 1 aromatic carbocycles. The highest BCUT2D eigenvalue weighted by Gasteiger charge is 2.57. The lowest BCUT2D eigenvalue weighted by Gasteiger charge is -2.33. The van der Waals surface area contributed by atoms with Crippen molar-refractivity contribution in [3.8, 4) is 0 Å². The maximum atomic E-state index is 12.8. The van der Waals surface area contributed by atoms with Crippen LogP contribution in [0.3, 0.4) is 0 Å². The van der Waals surface area contributed by atoms with Crippen molar-refractivity contribution >= 4 is 16.9 Å². The van der Waals surface area contributed by atoms with E-state index in [-0.39, 0.29) is 23.1 Å². The van der Waals surface area contributed by atoms with Crippen LogP contribution in [0.15, 0.2) is 29.1 Å². The van der Waals surface area contributed by atoms with Crippen molar-refractivity contribution < 1.29 is 4.79 Å². The third-order valence-electron chi connectivity index (χ3n) is 6.66. The second-order valence-corrected chi connectivity index (χ2v) is 8.29. The maximum Gasteiger partial charge on any atom is 0.326 e. The predicted molar refractivity (Wildman–Crippen MR) is 98.5 cm³/mol. The molecule has 2 aromatic rings. The minimum atomic E-state index is -0.0412. The van der Waals surface area contributed by atoms with Gasteiger partial charge in [0.1, 0.15) is 0 Å². The lowest BCUT2D eigenvalue weighted by Crippen LogP contribution is -2.42. The summed E-state index contributed by atoms with van der Waals surface area (Å²) in [4.78, 5) is 30.1. The van der Waals surface area contributed by atoms with Gasteiger partial charge in [-0.25, -0.2) is 4.79 Å². The van der Waals surface area contributed by atoms with Gasteiger partial charge >= 0.3 is 5.69 Å². The van der Waals surface area contributed by atoms with E-state index in [0.29, 0.717) is 11.8 Å². The van der Waals surface area contributed by atoms with Crippen molar-refractivity contribution in [2.24, 2.45) is 17.3 Å². The molecule has 2 heterocycles. The number of hydrogen-bond acceptors (Lipinski definition) is 2. The number of likely N-dealkylation sites (tertiary alicyclic amines) is 1. The molecule has 0 radical (unpaired) electrons. The molecule has 2 atom stereocenters. The van der Waals surface area contributed by atoms with Crippen LogP contribution in [0, 0.1) is 17.3 Å². The van der Waals surface area contributed by atoms with E-state index in [2.05, 4.69) is 25.8 Å². The van der Waals surface area contributed by atoms with E-state index < -0.39 is 0 Å². The molecule has 0 bridgehead atoms. The lowest BCUT2D eigenvalue weighted by molar-refractivity contribution is -0.134. The molecule has 1 amide bonds. The van der Waals surface area contributed by atoms with E-state index in [0.717, 1.165) is 43.4 Å². The molecule has 5 heteroatoms. The predicted octanol–water partition coefficient (Wildman–Crippen LogP) is 3.18. The summed E-state index contributed by atoms with van der Waals surface area (Å²) in [7, 11) is 0. The second-order valence-electron chi connectivity index (χ2n) is 8.29. The fourth-order valence-corrected chi connectivity index (χ4v) is 4.39. The number of carbonyl (C=O) groups excluding carboxylic acids is 1. The Morgan fingerprint density at radius 1 is 1.24 bits per heavy atom. The number of piperidine rings is 1. The molecular weight excluding hydrogens is 314 g/mol. The summed E-state index contributed by atoms with van der Waals surface area (Å²) in [5.74, 6) is 1.06. The van der Waals surface area contributed by atoms with Gasteiger partial charge in [0.25, 0.3) is 0 Å². The van der Waals surface area contributed by atoms with Crippen LogP contribution in [0.4, 0.5) is 0 Å². The van der Waals surface area contributed by atoms with Crippen molar-refractivity contribution in [2.75, 3.05) is 13.1 Å². The van der Waals surface area contributed by atoms with Gasteiger partial charge in [0.15, 0.2) is 0 Å². The topological polar surface area (TPSA) is 58.1 Å². The normalized spacial score (nSPS) is 27.2. The van der Waals surface area contributed by atoms with E-state index in [1.165, 1.54) is 0 Å². The highest BCUT2D eigenvalue weighted by atomic mass is 16.2. The molecule has 1 N–H and O–H groups in total. The molecule has 1 aliphatic carbocycles. The zero-order valence-electron chi connectivity index (χ0n) is 15.3. The second kappa shape index (κ2) is 5.75. The minimum Gasteiger partial charge on any atom is -0.342 e. The fourth-order valence-electron chi connectivity index (χ4n) is 4.39. The molecule has 2 aliphatic rings. The van der Waals surface area contributed by atoms with Crippen molar-refractivity contribution in [3.05, 3.63) is 34.7 Å². The molecule has 1 aromatic heterocycles. The highest BCUT2D eigenvalue weighted by molar-refractivity contribution is 5.82. The number of H-pyrrole nitrogens is 1. The molecule has 25 heavy (non-hydrogen) atoms. The number of amides is 1. The van der Waals surface area contributed by atoms with Crippen LogP contribution in [0.25, 0.3) is 11.0 Å². The Bertz CT molecular complexity index is 857. The first-order chi connectivity index (χ1) is 11.9. The van der Waals surface area contributed by atoms with Gasteiger partial charge in [-0.3, -0.25) is 9.36 Å². The van der Waals surface area contributed by atoms with Gasteiger partial charge in [-0.1, -0.05) is 32.9 Å². The first-order valence-corrected chi connectivity index (χ1v) is 9.40. The quantitative estimate of drug-likeness (QED) is 0.932. The van der Waals surface area contributed by atoms with Crippen LogP contribution in [0.2, 0.25) is 0 Å². The van der Waals surface area contributed by atoms with Gasteiger partial charge in [-0.15, -0.1) is 0 Å². The van der Waals surface area contributed by atoms with Gasteiger partial charge in [0.2, 0.25) is 5.91 Å². The molecule has 4 rings (SSSR count). The van der Waals surface area contributed by atoms with Crippen molar-refractivity contribution in [1.82, 2.24) is 14.5 Å². The zero-order chi connectivity index (χ0) is 17.8. The van der Waals surface area contributed by atoms with Crippen LogP contribution < -0.4 is 5.69 Å². The monoisotopic (exact) mass is 341 g/mol. The number of imidazole rings is 1. The molecule has 2 fully saturated rings. The molecule has 2 unspecified atom stereocenters. The molecule has 5 nitrogen and oxygen atoms in total. The van der Waals surface area contributed by atoms with Crippen LogP contribution in [0.5, 0.6) is 0 Å². The Morgan fingerprint density at radius 3 is 2.56 bits per heavy atom. The number of aromatic nitrogens is 2. The van der Waals surface area contributed by atoms with Crippen molar-refractivity contribution in [3.63, 3.8) is 0 Å². The van der Waals surface area contributed by atoms with Crippen LogP contribution >= 0.6 is 0 Å². The minimum absolute atomic E-state index is 0.0412. The third-order valence-corrected chi connectivity index (χ3v) is 6.66. The summed E-state index contributed by atoms with van der Waals surface area (Å²) in [6, 6.07) is 7.99. The summed E-state index contributed by atoms with van der Waals surface area (Å²) < 4.78 is 1.88. The first kappa shape index (κ1) is 16.4. The molecular formula is C20H27N3O2. The number of fused-ring (bicyclic) bond motifs is 1. The van der Waals surface area contributed by atoms with E-state index in [1.54, 1.807) is 0 Å². The Hall–Kier alpha value is -2.04. The van der Waals surface area contributed by atoms with E-state index in [4.69, 9.17) is 0 Å². The van der Waals surface area contributed by atoms with Gasteiger partial charge in [0.05, 0.1) is 11.0 Å². The summed E-state index contributed by atoms with van der Waals surface area (Å²) in [5.41, 5.74) is 1.99. The number of aromatic amines is 1. The summed E-state index contributed by atoms with van der Waals surface area (Å²) in [6.07, 6.45) is 2.71. The number of hydrogen-bond donors (Lipinski definition) is 1. The maximum absolute atomic E-state index is 12.8. The summed E-state index contributed by atoms with van der Waals surface area (Å²) >= 11 is 0. The fraction of sp³-hybridized carbons (Fsp3) is 0.600. The highest BCUT2D eigenvalue weighted by Crippen LogP contribution is 2.58. The van der Waals surface area contributed by atoms with Gasteiger partial charge in [-0.05, 0) is 42.7 Å². The number of nitrogens with zero attached hydrogens (tertiary/aromatic N) is 2. The number of rotatable bonds is 3. The van der Waals surface area contributed by atoms with Crippen LogP contribution in [-0.4, -0.2) is 33.4 Å². The number of benzene rings is 1. The SMILES string of the molecule is CC(C)C1(C)CC1C(=O)N1CCC(n2c(=O)[nH]c3ccccc32)CC1. The zero-order valence-corrected chi connectivity index (χ0v) is 15.3. The first-order valence-electron chi connectivity index (χ1n) is 9.40. The van der Waals surface area contributed by atoms with Gasteiger partial charge in [0, 0.05) is 25.0 Å².